The van der Waals surface area contributed by atoms with Crippen LogP contribution in [0.1, 0.15) is 42.6 Å². The van der Waals surface area contributed by atoms with Gasteiger partial charge in [0.05, 0.1) is 12.2 Å². The SMILES string of the molecule is CN(CC(C)(C)C)C(=O)c1c(-c2ccc(Cl)cc2)cc(C(F)(F)F)n1Cc1ccnn1C. The van der Waals surface area contributed by atoms with E-state index < -0.39 is 17.8 Å². The van der Waals surface area contributed by atoms with Gasteiger partial charge in [0.15, 0.2) is 0 Å². The molecule has 0 aliphatic rings. The Morgan fingerprint density at radius 3 is 2.25 bits per heavy atom. The van der Waals surface area contributed by atoms with Gasteiger partial charge in [-0.05, 0) is 35.2 Å². The highest BCUT2D eigenvalue weighted by Crippen LogP contribution is 2.38. The molecule has 3 aromatic rings. The Labute approximate surface area is 190 Å². The summed E-state index contributed by atoms with van der Waals surface area (Å²) in [5, 5.41) is 4.50. The van der Waals surface area contributed by atoms with E-state index in [0.29, 0.717) is 22.8 Å². The van der Waals surface area contributed by atoms with Crippen molar-refractivity contribution in [3.63, 3.8) is 0 Å². The summed E-state index contributed by atoms with van der Waals surface area (Å²) in [4.78, 5) is 15.0. The number of benzene rings is 1. The van der Waals surface area contributed by atoms with Crippen molar-refractivity contribution in [1.29, 1.82) is 0 Å². The van der Waals surface area contributed by atoms with Crippen LogP contribution in [0.3, 0.4) is 0 Å². The first-order chi connectivity index (χ1) is 14.8. The number of carbonyl (C=O) groups excluding carboxylic acids is 1. The monoisotopic (exact) mass is 466 g/mol. The number of amides is 1. The van der Waals surface area contributed by atoms with E-state index in [1.165, 1.54) is 15.8 Å². The summed E-state index contributed by atoms with van der Waals surface area (Å²) >= 11 is 5.98. The molecule has 2 aromatic heterocycles. The second-order valence-corrected chi connectivity index (χ2v) is 9.49. The Kier molecular flexibility index (Phi) is 6.47. The molecule has 0 bridgehead atoms. The van der Waals surface area contributed by atoms with Gasteiger partial charge in [-0.2, -0.15) is 18.3 Å². The molecule has 0 aliphatic carbocycles. The van der Waals surface area contributed by atoms with Gasteiger partial charge in [0.25, 0.3) is 5.91 Å². The van der Waals surface area contributed by atoms with Gasteiger partial charge < -0.3 is 9.47 Å². The van der Waals surface area contributed by atoms with Crippen LogP contribution < -0.4 is 0 Å². The van der Waals surface area contributed by atoms with E-state index in [1.54, 1.807) is 44.4 Å². The van der Waals surface area contributed by atoms with Crippen LogP contribution in [-0.2, 0) is 19.8 Å². The maximum atomic E-state index is 14.1. The molecular formula is C23H26ClF3N4O. The van der Waals surface area contributed by atoms with Crippen LogP contribution in [0.2, 0.25) is 5.02 Å². The van der Waals surface area contributed by atoms with E-state index in [1.807, 2.05) is 20.8 Å². The van der Waals surface area contributed by atoms with Crippen molar-refractivity contribution in [2.45, 2.75) is 33.5 Å². The second-order valence-electron chi connectivity index (χ2n) is 9.05. The molecule has 0 N–H and O–H groups in total. The minimum atomic E-state index is -4.65. The predicted octanol–water partition coefficient (Wildman–Crippen LogP) is 5.73. The molecule has 0 spiro atoms. The lowest BCUT2D eigenvalue weighted by molar-refractivity contribution is -0.143. The summed E-state index contributed by atoms with van der Waals surface area (Å²) in [5.74, 6) is -0.484. The third kappa shape index (κ3) is 5.18. The van der Waals surface area contributed by atoms with Crippen molar-refractivity contribution in [2.75, 3.05) is 13.6 Å². The second kappa shape index (κ2) is 8.65. The first-order valence-electron chi connectivity index (χ1n) is 10.1. The van der Waals surface area contributed by atoms with Gasteiger partial charge in [-0.1, -0.05) is 44.5 Å². The number of rotatable bonds is 5. The van der Waals surface area contributed by atoms with Crippen molar-refractivity contribution in [2.24, 2.45) is 12.5 Å². The molecule has 0 atom stereocenters. The fourth-order valence-corrected chi connectivity index (χ4v) is 3.84. The number of hydrogen-bond acceptors (Lipinski definition) is 2. The molecule has 1 aromatic carbocycles. The number of nitrogens with zero attached hydrogens (tertiary/aromatic N) is 4. The summed E-state index contributed by atoms with van der Waals surface area (Å²) in [6.07, 6.45) is -3.14. The van der Waals surface area contributed by atoms with Crippen LogP contribution in [-0.4, -0.2) is 38.7 Å². The van der Waals surface area contributed by atoms with Gasteiger partial charge in [-0.3, -0.25) is 9.48 Å². The van der Waals surface area contributed by atoms with Crippen molar-refractivity contribution in [3.05, 3.63) is 64.7 Å². The summed E-state index contributed by atoms with van der Waals surface area (Å²) in [6.45, 7) is 6.12. The number of carbonyl (C=O) groups is 1. The molecule has 0 saturated heterocycles. The quantitative estimate of drug-likeness (QED) is 0.482. The van der Waals surface area contributed by atoms with Crippen LogP contribution in [0.4, 0.5) is 13.2 Å². The van der Waals surface area contributed by atoms with Crippen molar-refractivity contribution in [3.8, 4) is 11.1 Å². The van der Waals surface area contributed by atoms with E-state index in [4.69, 9.17) is 11.6 Å². The molecule has 172 valence electrons. The molecule has 1 amide bonds. The highest BCUT2D eigenvalue weighted by Gasteiger charge is 2.39. The molecular weight excluding hydrogens is 441 g/mol. The van der Waals surface area contributed by atoms with Crippen LogP contribution in [0.25, 0.3) is 11.1 Å². The Morgan fingerprint density at radius 2 is 1.75 bits per heavy atom. The Bertz CT molecular complexity index is 1110. The van der Waals surface area contributed by atoms with E-state index in [2.05, 4.69) is 5.10 Å². The molecule has 0 radical (unpaired) electrons. The number of halogens is 4. The zero-order chi connectivity index (χ0) is 23.8. The smallest absolute Gasteiger partial charge is 0.340 e. The summed E-state index contributed by atoms with van der Waals surface area (Å²) < 4.78 is 44.8. The normalized spacial score (nSPS) is 12.3. The highest BCUT2D eigenvalue weighted by molar-refractivity contribution is 6.30. The fourth-order valence-electron chi connectivity index (χ4n) is 3.71. The third-order valence-corrected chi connectivity index (χ3v) is 5.30. The zero-order valence-electron chi connectivity index (χ0n) is 18.7. The average Bonchev–Trinajstić information content (AvgIpc) is 3.24. The number of hydrogen-bond donors (Lipinski definition) is 0. The molecule has 0 aliphatic heterocycles. The molecule has 0 saturated carbocycles. The van der Waals surface area contributed by atoms with Crippen molar-refractivity contribution >= 4 is 17.5 Å². The maximum absolute atomic E-state index is 14.1. The summed E-state index contributed by atoms with van der Waals surface area (Å²) in [7, 11) is 3.26. The van der Waals surface area contributed by atoms with Gasteiger partial charge in [-0.15, -0.1) is 0 Å². The predicted molar refractivity (Wildman–Crippen MR) is 119 cm³/mol. The summed E-state index contributed by atoms with van der Waals surface area (Å²) in [6, 6.07) is 9.10. The number of aryl methyl sites for hydroxylation is 1. The van der Waals surface area contributed by atoms with Crippen molar-refractivity contribution < 1.29 is 18.0 Å². The van der Waals surface area contributed by atoms with Gasteiger partial charge in [-0.25, -0.2) is 0 Å². The van der Waals surface area contributed by atoms with Gasteiger partial charge in [0.1, 0.15) is 11.4 Å². The lowest BCUT2D eigenvalue weighted by Crippen LogP contribution is -2.36. The van der Waals surface area contributed by atoms with Crippen LogP contribution in [0.15, 0.2) is 42.6 Å². The largest absolute Gasteiger partial charge is 0.431 e. The molecule has 0 fully saturated rings. The van der Waals surface area contributed by atoms with E-state index >= 15 is 0 Å². The number of alkyl halides is 3. The zero-order valence-corrected chi connectivity index (χ0v) is 19.4. The van der Waals surface area contributed by atoms with Crippen LogP contribution >= 0.6 is 11.6 Å². The minimum Gasteiger partial charge on any atom is -0.340 e. The molecule has 5 nitrogen and oxygen atoms in total. The molecule has 3 rings (SSSR count). The van der Waals surface area contributed by atoms with Crippen LogP contribution in [0, 0.1) is 5.41 Å². The van der Waals surface area contributed by atoms with Crippen LogP contribution in [0.5, 0.6) is 0 Å². The average molecular weight is 467 g/mol. The topological polar surface area (TPSA) is 43.1 Å². The van der Waals surface area contributed by atoms with E-state index in [0.717, 1.165) is 10.6 Å². The highest BCUT2D eigenvalue weighted by atomic mass is 35.5. The van der Waals surface area contributed by atoms with Crippen molar-refractivity contribution in [1.82, 2.24) is 19.2 Å². The maximum Gasteiger partial charge on any atom is 0.431 e. The fraction of sp³-hybridized carbons (Fsp3) is 0.391. The Hall–Kier alpha value is -2.74. The third-order valence-electron chi connectivity index (χ3n) is 5.05. The first kappa shape index (κ1) is 23.9. The van der Waals surface area contributed by atoms with Gasteiger partial charge in [0.2, 0.25) is 0 Å². The molecule has 0 unspecified atom stereocenters. The van der Waals surface area contributed by atoms with E-state index in [-0.39, 0.29) is 23.2 Å². The summed E-state index contributed by atoms with van der Waals surface area (Å²) in [5.41, 5.74) is 0.0973. The van der Waals surface area contributed by atoms with Gasteiger partial charge >= 0.3 is 6.18 Å². The molecule has 2 heterocycles. The van der Waals surface area contributed by atoms with Gasteiger partial charge in [0, 0.05) is 37.4 Å². The molecule has 32 heavy (non-hydrogen) atoms. The Balaban J connectivity index is 2.25. The minimum absolute atomic E-state index is 0.0207. The standard InChI is InChI=1S/C23H26ClF3N4O/c1-22(2,3)14-29(4)21(32)20-18(15-6-8-16(24)9-7-15)12-19(23(25,26)27)31(20)13-17-10-11-28-30(17)5/h6-12H,13-14H2,1-5H3. The Morgan fingerprint density at radius 1 is 1.12 bits per heavy atom. The lowest BCUT2D eigenvalue weighted by Gasteiger charge is -2.27. The van der Waals surface area contributed by atoms with E-state index in [9.17, 15) is 18.0 Å². The number of aromatic nitrogens is 3. The first-order valence-corrected chi connectivity index (χ1v) is 10.4. The lowest BCUT2D eigenvalue weighted by atomic mass is 9.96. The molecule has 9 heteroatoms.